The first-order valence-corrected chi connectivity index (χ1v) is 9.74. The van der Waals surface area contributed by atoms with Crippen molar-refractivity contribution in [2.24, 2.45) is 0 Å². The number of furan rings is 1. The van der Waals surface area contributed by atoms with Crippen molar-refractivity contribution in [3.8, 4) is 29.2 Å². The minimum absolute atomic E-state index is 0.0563. The highest BCUT2D eigenvalue weighted by atomic mass is 16.5. The zero-order valence-electron chi connectivity index (χ0n) is 17.2. The van der Waals surface area contributed by atoms with E-state index in [2.05, 4.69) is 16.4 Å². The summed E-state index contributed by atoms with van der Waals surface area (Å²) >= 11 is 0. The topological polar surface area (TPSA) is 93.5 Å². The molecule has 4 aromatic rings. The fourth-order valence-corrected chi connectivity index (χ4v) is 3.02. The van der Waals surface area contributed by atoms with E-state index in [-0.39, 0.29) is 24.2 Å². The molecule has 156 valence electrons. The first-order chi connectivity index (χ1) is 15.2. The minimum atomic E-state index is -0.0563. The maximum Gasteiger partial charge on any atom is 0.266 e. The average Bonchev–Trinajstić information content (AvgIpc) is 3.45. The van der Waals surface area contributed by atoms with Crippen molar-refractivity contribution in [2.45, 2.75) is 19.6 Å². The summed E-state index contributed by atoms with van der Waals surface area (Å²) < 4.78 is 22.5. The van der Waals surface area contributed by atoms with Gasteiger partial charge in [0.25, 0.3) is 5.89 Å². The van der Waals surface area contributed by atoms with Crippen LogP contribution in [0.5, 0.6) is 11.5 Å². The van der Waals surface area contributed by atoms with Gasteiger partial charge in [-0.25, -0.2) is 0 Å². The van der Waals surface area contributed by atoms with Gasteiger partial charge in [-0.2, -0.15) is 10.2 Å². The van der Waals surface area contributed by atoms with Gasteiger partial charge in [-0.1, -0.05) is 30.3 Å². The van der Waals surface area contributed by atoms with Gasteiger partial charge in [0.15, 0.2) is 5.76 Å². The number of hydrogen-bond acceptors (Lipinski definition) is 7. The normalized spacial score (nSPS) is 11.5. The number of aromatic nitrogens is 1. The molecule has 7 nitrogen and oxygen atoms in total. The molecular weight excluding hydrogens is 394 g/mol. The summed E-state index contributed by atoms with van der Waals surface area (Å²) in [6, 6.07) is 22.7. The van der Waals surface area contributed by atoms with Crippen LogP contribution < -0.4 is 14.8 Å². The lowest BCUT2D eigenvalue weighted by Gasteiger charge is -2.12. The summed E-state index contributed by atoms with van der Waals surface area (Å²) in [7, 11) is 1.61. The third kappa shape index (κ3) is 4.70. The van der Waals surface area contributed by atoms with Crippen LogP contribution in [0, 0.1) is 11.3 Å². The van der Waals surface area contributed by atoms with Gasteiger partial charge in [-0.15, -0.1) is 0 Å². The average molecular weight is 415 g/mol. The summed E-state index contributed by atoms with van der Waals surface area (Å²) in [4.78, 5) is 4.26. The lowest BCUT2D eigenvalue weighted by Crippen LogP contribution is -2.06. The van der Waals surface area contributed by atoms with Crippen LogP contribution in [0.1, 0.15) is 30.0 Å². The van der Waals surface area contributed by atoms with Crippen LogP contribution in [0.4, 0.5) is 5.88 Å². The van der Waals surface area contributed by atoms with Crippen molar-refractivity contribution >= 4 is 5.88 Å². The van der Waals surface area contributed by atoms with Gasteiger partial charge in [0.1, 0.15) is 29.9 Å². The molecule has 0 saturated heterocycles. The van der Waals surface area contributed by atoms with Gasteiger partial charge >= 0.3 is 0 Å². The number of hydrogen-bond donors (Lipinski definition) is 1. The maximum atomic E-state index is 9.44. The third-order valence-corrected chi connectivity index (χ3v) is 4.69. The van der Waals surface area contributed by atoms with E-state index < -0.39 is 0 Å². The van der Waals surface area contributed by atoms with Crippen molar-refractivity contribution < 1.29 is 18.3 Å². The van der Waals surface area contributed by atoms with Crippen LogP contribution >= 0.6 is 0 Å². The van der Waals surface area contributed by atoms with Gasteiger partial charge in [0.2, 0.25) is 11.6 Å². The molecule has 0 radical (unpaired) electrons. The third-order valence-electron chi connectivity index (χ3n) is 4.69. The predicted molar refractivity (Wildman–Crippen MR) is 115 cm³/mol. The Kier molecular flexibility index (Phi) is 5.90. The molecule has 2 aromatic heterocycles. The van der Waals surface area contributed by atoms with Crippen molar-refractivity contribution in [3.63, 3.8) is 0 Å². The maximum absolute atomic E-state index is 9.44. The number of methoxy groups -OCH3 is 1. The van der Waals surface area contributed by atoms with Crippen LogP contribution in [-0.2, 0) is 6.61 Å². The highest BCUT2D eigenvalue weighted by Gasteiger charge is 2.19. The number of nitriles is 1. The fraction of sp³-hybridized carbons (Fsp3) is 0.167. The Morgan fingerprint density at radius 2 is 1.74 bits per heavy atom. The number of nitrogens with zero attached hydrogens (tertiary/aromatic N) is 2. The number of benzene rings is 2. The summed E-state index contributed by atoms with van der Waals surface area (Å²) in [5.41, 5.74) is 1.24. The molecule has 2 aromatic carbocycles. The van der Waals surface area contributed by atoms with Crippen LogP contribution in [0.25, 0.3) is 11.7 Å². The SMILES string of the molecule is COc1ccc(OCc2ccc(-c3nc(C#N)c(N[C@@H](C)c4ccccc4)o3)o2)cc1. The first kappa shape index (κ1) is 20.1. The molecule has 4 rings (SSSR count). The second-order valence-corrected chi connectivity index (χ2v) is 6.82. The smallest absolute Gasteiger partial charge is 0.266 e. The van der Waals surface area contributed by atoms with E-state index in [0.29, 0.717) is 23.2 Å². The first-order valence-electron chi connectivity index (χ1n) is 9.74. The highest BCUT2D eigenvalue weighted by Crippen LogP contribution is 2.29. The van der Waals surface area contributed by atoms with Crippen molar-refractivity contribution in [3.05, 3.63) is 83.7 Å². The van der Waals surface area contributed by atoms with Crippen molar-refractivity contribution in [1.29, 1.82) is 5.26 Å². The highest BCUT2D eigenvalue weighted by molar-refractivity contribution is 5.55. The summed E-state index contributed by atoms with van der Waals surface area (Å²) in [5, 5.41) is 12.6. The van der Waals surface area contributed by atoms with Gasteiger partial charge in [0, 0.05) is 0 Å². The molecule has 0 amide bonds. The summed E-state index contributed by atoms with van der Waals surface area (Å²) in [6.45, 7) is 2.23. The molecule has 2 heterocycles. The fourth-order valence-electron chi connectivity index (χ4n) is 3.02. The molecule has 0 bridgehead atoms. The largest absolute Gasteiger partial charge is 0.497 e. The standard InChI is InChI=1S/C24H21N3O4/c1-16(17-6-4-3-5-7-17)26-23-21(14-25)27-24(31-23)22-13-12-20(30-22)15-29-19-10-8-18(28-2)9-11-19/h3-13,16,26H,15H2,1-2H3/t16-/m0/s1. The van der Waals surface area contributed by atoms with E-state index in [4.69, 9.17) is 18.3 Å². The van der Waals surface area contributed by atoms with E-state index in [1.807, 2.05) is 61.5 Å². The van der Waals surface area contributed by atoms with E-state index in [1.54, 1.807) is 19.2 Å². The van der Waals surface area contributed by atoms with Crippen LogP contribution in [-0.4, -0.2) is 12.1 Å². The molecule has 0 aliphatic rings. The number of anilines is 1. The van der Waals surface area contributed by atoms with Crippen molar-refractivity contribution in [2.75, 3.05) is 12.4 Å². The zero-order valence-corrected chi connectivity index (χ0v) is 17.2. The van der Waals surface area contributed by atoms with Crippen LogP contribution in [0.3, 0.4) is 0 Å². The molecule has 0 aliphatic carbocycles. The minimum Gasteiger partial charge on any atom is -0.497 e. The molecule has 31 heavy (non-hydrogen) atoms. The van der Waals surface area contributed by atoms with E-state index >= 15 is 0 Å². The second-order valence-electron chi connectivity index (χ2n) is 6.82. The Labute approximate surface area is 179 Å². The Balaban J connectivity index is 1.45. The number of oxazole rings is 1. The molecule has 0 fully saturated rings. The van der Waals surface area contributed by atoms with Gasteiger partial charge in [-0.05, 0) is 48.9 Å². The number of rotatable bonds is 8. The van der Waals surface area contributed by atoms with Gasteiger partial charge < -0.3 is 23.6 Å². The Hall–Kier alpha value is -4.18. The van der Waals surface area contributed by atoms with E-state index in [0.717, 1.165) is 11.3 Å². The molecule has 7 heteroatoms. The van der Waals surface area contributed by atoms with Crippen LogP contribution in [0.2, 0.25) is 0 Å². The van der Waals surface area contributed by atoms with E-state index in [9.17, 15) is 5.26 Å². The zero-order chi connectivity index (χ0) is 21.6. The quantitative estimate of drug-likeness (QED) is 0.402. The monoisotopic (exact) mass is 415 g/mol. The number of nitrogens with one attached hydrogen (secondary N) is 1. The Bertz CT molecular complexity index is 1170. The van der Waals surface area contributed by atoms with Gasteiger partial charge in [-0.3, -0.25) is 0 Å². The van der Waals surface area contributed by atoms with Crippen molar-refractivity contribution in [1.82, 2.24) is 4.98 Å². The molecule has 0 unspecified atom stereocenters. The predicted octanol–water partition coefficient (Wildman–Crippen LogP) is 5.57. The second kappa shape index (κ2) is 9.09. The Morgan fingerprint density at radius 1 is 1.00 bits per heavy atom. The molecule has 0 saturated carbocycles. The molecule has 0 aliphatic heterocycles. The van der Waals surface area contributed by atoms with Gasteiger partial charge in [0.05, 0.1) is 13.2 Å². The molecule has 1 atom stereocenters. The lowest BCUT2D eigenvalue weighted by molar-refractivity contribution is 0.270. The molecule has 1 N–H and O–H groups in total. The number of ether oxygens (including phenoxy) is 2. The van der Waals surface area contributed by atoms with E-state index in [1.165, 1.54) is 0 Å². The lowest BCUT2D eigenvalue weighted by atomic mass is 10.1. The summed E-state index contributed by atoms with van der Waals surface area (Å²) in [5.74, 6) is 3.02. The molecule has 0 spiro atoms. The summed E-state index contributed by atoms with van der Waals surface area (Å²) in [6.07, 6.45) is 0. The Morgan fingerprint density at radius 3 is 2.45 bits per heavy atom. The molecular formula is C24H21N3O4. The van der Waals surface area contributed by atoms with Crippen LogP contribution in [0.15, 0.2) is 75.6 Å².